The normalized spacial score (nSPS) is 10.0. The minimum atomic E-state index is -0.448. The largest absolute Gasteiger partial charge is 0.399 e. The van der Waals surface area contributed by atoms with E-state index in [0.717, 1.165) is 11.8 Å². The molecule has 0 aliphatic rings. The fourth-order valence-electron chi connectivity index (χ4n) is 1.43. The number of nitrogen functional groups attached to an aromatic ring is 1. The molecule has 0 saturated carbocycles. The Bertz CT molecular complexity index is 678. The van der Waals surface area contributed by atoms with Crippen molar-refractivity contribution in [2.24, 2.45) is 0 Å². The highest BCUT2D eigenvalue weighted by Crippen LogP contribution is 2.25. The highest BCUT2D eigenvalue weighted by atomic mass is 32.2. The summed E-state index contributed by atoms with van der Waals surface area (Å²) in [6.07, 6.45) is 0. The van der Waals surface area contributed by atoms with E-state index in [0.29, 0.717) is 21.1 Å². The Morgan fingerprint density at radius 3 is 3.00 bits per heavy atom. The number of rotatable bonds is 4. The summed E-state index contributed by atoms with van der Waals surface area (Å²) in [5, 5.41) is 13.7. The fourth-order valence-corrected chi connectivity index (χ4v) is 2.91. The maximum Gasteiger partial charge on any atom is 0.235 e. The van der Waals surface area contributed by atoms with Crippen LogP contribution in [-0.2, 0) is 4.79 Å². The van der Waals surface area contributed by atoms with E-state index in [2.05, 4.69) is 5.32 Å². The highest BCUT2D eigenvalue weighted by Gasteiger charge is 2.10. The molecule has 3 N–H and O–H groups in total. The van der Waals surface area contributed by atoms with Gasteiger partial charge in [0.15, 0.2) is 0 Å². The molecule has 2 aromatic rings. The van der Waals surface area contributed by atoms with Crippen LogP contribution >= 0.6 is 23.1 Å². The number of thiophene rings is 1. The molecule has 0 bridgehead atoms. The SMILES string of the molecule is N#Cc1ccsc1NC(=O)CSc1ccc(N)cc1F. The lowest BCUT2D eigenvalue weighted by molar-refractivity contribution is -0.113. The summed E-state index contributed by atoms with van der Waals surface area (Å²) in [5.41, 5.74) is 6.21. The van der Waals surface area contributed by atoms with E-state index in [1.807, 2.05) is 6.07 Å². The second kappa shape index (κ2) is 6.41. The van der Waals surface area contributed by atoms with E-state index in [9.17, 15) is 9.18 Å². The van der Waals surface area contributed by atoms with E-state index in [-0.39, 0.29) is 11.7 Å². The number of carbonyl (C=O) groups excluding carboxylic acids is 1. The van der Waals surface area contributed by atoms with Gasteiger partial charge >= 0.3 is 0 Å². The predicted octanol–water partition coefficient (Wildman–Crippen LogP) is 3.07. The average Bonchev–Trinajstić information content (AvgIpc) is 2.85. The van der Waals surface area contributed by atoms with Crippen molar-refractivity contribution in [3.8, 4) is 6.07 Å². The number of nitrogens with one attached hydrogen (secondary N) is 1. The smallest absolute Gasteiger partial charge is 0.235 e. The van der Waals surface area contributed by atoms with Gasteiger partial charge in [-0.15, -0.1) is 23.1 Å². The van der Waals surface area contributed by atoms with Gasteiger partial charge in [0.25, 0.3) is 0 Å². The quantitative estimate of drug-likeness (QED) is 0.672. The third-order valence-electron chi connectivity index (χ3n) is 2.35. The minimum absolute atomic E-state index is 0.0591. The van der Waals surface area contributed by atoms with Crippen molar-refractivity contribution in [3.05, 3.63) is 41.0 Å². The van der Waals surface area contributed by atoms with Crippen LogP contribution in [0.1, 0.15) is 5.56 Å². The zero-order valence-electron chi connectivity index (χ0n) is 10.2. The standard InChI is InChI=1S/C13H10FN3OS2/c14-10-5-9(16)1-2-11(10)20-7-12(18)17-13-8(6-15)3-4-19-13/h1-5H,7,16H2,(H,17,18). The number of nitrogens with two attached hydrogens (primary N) is 1. The number of hydrogen-bond acceptors (Lipinski definition) is 5. The van der Waals surface area contributed by atoms with Gasteiger partial charge in [0.1, 0.15) is 16.9 Å². The molecule has 7 heteroatoms. The summed E-state index contributed by atoms with van der Waals surface area (Å²) in [6, 6.07) is 7.95. The summed E-state index contributed by atoms with van der Waals surface area (Å²) in [4.78, 5) is 12.1. The Hall–Kier alpha value is -2.04. The van der Waals surface area contributed by atoms with Crippen LogP contribution in [-0.4, -0.2) is 11.7 Å². The first-order valence-electron chi connectivity index (χ1n) is 5.55. The predicted molar refractivity (Wildman–Crippen MR) is 79.2 cm³/mol. The molecule has 0 aliphatic carbocycles. The number of amides is 1. The summed E-state index contributed by atoms with van der Waals surface area (Å²) >= 11 is 2.35. The molecular formula is C13H10FN3OS2. The van der Waals surface area contributed by atoms with Crippen LogP contribution < -0.4 is 11.1 Å². The molecule has 1 aromatic heterocycles. The van der Waals surface area contributed by atoms with Crippen molar-refractivity contribution in [3.63, 3.8) is 0 Å². The molecule has 1 amide bonds. The van der Waals surface area contributed by atoms with Crippen molar-refractivity contribution in [1.29, 1.82) is 5.26 Å². The highest BCUT2D eigenvalue weighted by molar-refractivity contribution is 8.00. The van der Waals surface area contributed by atoms with E-state index in [4.69, 9.17) is 11.0 Å². The summed E-state index contributed by atoms with van der Waals surface area (Å²) < 4.78 is 13.5. The monoisotopic (exact) mass is 307 g/mol. The first-order valence-corrected chi connectivity index (χ1v) is 7.42. The van der Waals surface area contributed by atoms with Crippen molar-refractivity contribution < 1.29 is 9.18 Å². The molecule has 0 saturated heterocycles. The zero-order chi connectivity index (χ0) is 14.5. The Morgan fingerprint density at radius 1 is 1.50 bits per heavy atom. The number of carbonyl (C=O) groups is 1. The molecule has 0 aliphatic heterocycles. The summed E-state index contributed by atoms with van der Waals surface area (Å²) in [5.74, 6) is -0.675. The summed E-state index contributed by atoms with van der Waals surface area (Å²) in [6.45, 7) is 0. The van der Waals surface area contributed by atoms with E-state index < -0.39 is 5.82 Å². The fraction of sp³-hybridized carbons (Fsp3) is 0.0769. The van der Waals surface area contributed by atoms with Crippen LogP contribution in [0.5, 0.6) is 0 Å². The number of nitriles is 1. The van der Waals surface area contributed by atoms with E-state index in [1.54, 1.807) is 17.5 Å². The average molecular weight is 307 g/mol. The van der Waals surface area contributed by atoms with Crippen molar-refractivity contribution in [2.75, 3.05) is 16.8 Å². The Balaban J connectivity index is 1.94. The molecule has 20 heavy (non-hydrogen) atoms. The maximum atomic E-state index is 13.5. The third kappa shape index (κ3) is 3.50. The Morgan fingerprint density at radius 2 is 2.30 bits per heavy atom. The molecule has 4 nitrogen and oxygen atoms in total. The van der Waals surface area contributed by atoms with Crippen LogP contribution in [0.4, 0.5) is 15.1 Å². The molecule has 0 atom stereocenters. The van der Waals surface area contributed by atoms with Crippen molar-refractivity contribution >= 4 is 39.7 Å². The van der Waals surface area contributed by atoms with Crippen molar-refractivity contribution in [2.45, 2.75) is 4.90 Å². The first kappa shape index (κ1) is 14.4. The van der Waals surface area contributed by atoms with Gasteiger partial charge in [-0.3, -0.25) is 4.79 Å². The molecular weight excluding hydrogens is 297 g/mol. The molecule has 1 aromatic carbocycles. The number of hydrogen-bond donors (Lipinski definition) is 2. The lowest BCUT2D eigenvalue weighted by Gasteiger charge is -2.05. The van der Waals surface area contributed by atoms with Gasteiger partial charge in [0, 0.05) is 10.6 Å². The molecule has 0 unspecified atom stereocenters. The topological polar surface area (TPSA) is 78.9 Å². The number of thioether (sulfide) groups is 1. The Labute approximate surface area is 123 Å². The molecule has 0 spiro atoms. The minimum Gasteiger partial charge on any atom is -0.399 e. The van der Waals surface area contributed by atoms with E-state index >= 15 is 0 Å². The summed E-state index contributed by atoms with van der Waals surface area (Å²) in [7, 11) is 0. The van der Waals surface area contributed by atoms with Crippen molar-refractivity contribution in [1.82, 2.24) is 0 Å². The number of benzene rings is 1. The van der Waals surface area contributed by atoms with Crippen LogP contribution in [0.3, 0.4) is 0 Å². The van der Waals surface area contributed by atoms with Gasteiger partial charge in [-0.2, -0.15) is 5.26 Å². The second-order valence-electron chi connectivity index (χ2n) is 3.80. The first-order chi connectivity index (χ1) is 9.60. The van der Waals surface area contributed by atoms with Gasteiger partial charge in [0.05, 0.1) is 11.3 Å². The molecule has 2 rings (SSSR count). The van der Waals surface area contributed by atoms with Crippen LogP contribution in [0, 0.1) is 17.1 Å². The number of anilines is 2. The Kier molecular flexibility index (Phi) is 4.61. The third-order valence-corrected chi connectivity index (χ3v) is 4.23. The van der Waals surface area contributed by atoms with E-state index in [1.165, 1.54) is 23.5 Å². The van der Waals surface area contributed by atoms with Gasteiger partial charge in [-0.25, -0.2) is 4.39 Å². The molecule has 102 valence electrons. The number of nitrogens with zero attached hydrogens (tertiary/aromatic N) is 1. The van der Waals surface area contributed by atoms with Crippen LogP contribution in [0.25, 0.3) is 0 Å². The molecule has 0 radical (unpaired) electrons. The van der Waals surface area contributed by atoms with Crippen LogP contribution in [0.15, 0.2) is 34.5 Å². The lowest BCUT2D eigenvalue weighted by Crippen LogP contribution is -2.13. The molecule has 0 fully saturated rings. The zero-order valence-corrected chi connectivity index (χ0v) is 11.9. The van der Waals surface area contributed by atoms with Gasteiger partial charge in [-0.05, 0) is 29.6 Å². The van der Waals surface area contributed by atoms with Gasteiger partial charge < -0.3 is 11.1 Å². The van der Waals surface area contributed by atoms with Crippen LogP contribution in [0.2, 0.25) is 0 Å². The van der Waals surface area contributed by atoms with Gasteiger partial charge in [0.2, 0.25) is 5.91 Å². The lowest BCUT2D eigenvalue weighted by atomic mass is 10.3. The molecule has 1 heterocycles. The van der Waals surface area contributed by atoms with Gasteiger partial charge in [-0.1, -0.05) is 0 Å². The number of halogens is 1. The second-order valence-corrected chi connectivity index (χ2v) is 5.74. The maximum absolute atomic E-state index is 13.5.